The summed E-state index contributed by atoms with van der Waals surface area (Å²) in [5.74, 6) is -0.329. The lowest BCUT2D eigenvalue weighted by Crippen LogP contribution is -2.36. The van der Waals surface area contributed by atoms with Crippen LogP contribution < -0.4 is 21.5 Å². The molecule has 0 bridgehead atoms. The number of amides is 3. The number of pyridine rings is 2. The van der Waals surface area contributed by atoms with Crippen molar-refractivity contribution < 1.29 is 9.59 Å². The third kappa shape index (κ3) is 5.79. The number of carbonyl (C=O) groups excluding carboxylic acids is 2. The number of hydrogen-bond acceptors (Lipinski definition) is 4. The van der Waals surface area contributed by atoms with E-state index in [4.69, 9.17) is 0 Å². The Morgan fingerprint density at radius 1 is 1.00 bits per heavy atom. The number of benzene rings is 1. The van der Waals surface area contributed by atoms with Gasteiger partial charge in [0.25, 0.3) is 5.56 Å². The second kappa shape index (κ2) is 9.71. The summed E-state index contributed by atoms with van der Waals surface area (Å²) in [5, 5.41) is 8.07. The van der Waals surface area contributed by atoms with Gasteiger partial charge in [0.2, 0.25) is 5.91 Å². The maximum absolute atomic E-state index is 12.8. The SMILES string of the molecule is Cc1ccc(NC(=O)Nc2ccc(C)n(CC(=O)N[C@H](C)c3ccccn3)c2=O)cc1. The van der Waals surface area contributed by atoms with E-state index in [1.807, 2.05) is 38.1 Å². The van der Waals surface area contributed by atoms with Gasteiger partial charge in [0.1, 0.15) is 12.2 Å². The van der Waals surface area contributed by atoms with Crippen LogP contribution in [0.5, 0.6) is 0 Å². The first kappa shape index (κ1) is 21.8. The van der Waals surface area contributed by atoms with Crippen molar-refractivity contribution in [1.82, 2.24) is 14.9 Å². The molecule has 0 aliphatic rings. The van der Waals surface area contributed by atoms with Crippen LogP contribution in [0.15, 0.2) is 65.6 Å². The second-order valence-corrected chi connectivity index (χ2v) is 7.27. The molecule has 8 heteroatoms. The molecule has 0 saturated carbocycles. The number of aryl methyl sites for hydroxylation is 2. The topological polar surface area (TPSA) is 105 Å². The first-order valence-corrected chi connectivity index (χ1v) is 9.89. The molecule has 0 aliphatic heterocycles. The highest BCUT2D eigenvalue weighted by atomic mass is 16.2. The lowest BCUT2D eigenvalue weighted by atomic mass is 10.2. The number of anilines is 2. The molecule has 0 unspecified atom stereocenters. The molecule has 3 amide bonds. The predicted molar refractivity (Wildman–Crippen MR) is 120 cm³/mol. The van der Waals surface area contributed by atoms with Gasteiger partial charge in [-0.1, -0.05) is 23.8 Å². The van der Waals surface area contributed by atoms with Gasteiger partial charge in [-0.15, -0.1) is 0 Å². The van der Waals surface area contributed by atoms with Crippen molar-refractivity contribution in [1.29, 1.82) is 0 Å². The summed E-state index contributed by atoms with van der Waals surface area (Å²) in [6.07, 6.45) is 1.66. The fourth-order valence-corrected chi connectivity index (χ4v) is 3.02. The largest absolute Gasteiger partial charge is 0.346 e. The molecule has 2 aromatic heterocycles. The molecule has 0 aliphatic carbocycles. The summed E-state index contributed by atoms with van der Waals surface area (Å²) in [4.78, 5) is 41.9. The molecule has 31 heavy (non-hydrogen) atoms. The van der Waals surface area contributed by atoms with Crippen LogP contribution in [0.25, 0.3) is 0 Å². The first-order valence-electron chi connectivity index (χ1n) is 9.89. The number of urea groups is 1. The Labute approximate surface area is 180 Å². The molecule has 3 aromatic rings. The molecule has 0 fully saturated rings. The number of nitrogens with zero attached hydrogens (tertiary/aromatic N) is 2. The molecule has 3 rings (SSSR count). The Morgan fingerprint density at radius 3 is 2.42 bits per heavy atom. The Balaban J connectivity index is 1.68. The highest BCUT2D eigenvalue weighted by Crippen LogP contribution is 2.11. The van der Waals surface area contributed by atoms with E-state index in [1.165, 1.54) is 10.6 Å². The first-order chi connectivity index (χ1) is 14.8. The lowest BCUT2D eigenvalue weighted by Gasteiger charge is -2.16. The molecular weight excluding hydrogens is 394 g/mol. The minimum atomic E-state index is -0.537. The summed E-state index contributed by atoms with van der Waals surface area (Å²) in [5.41, 5.74) is 2.64. The van der Waals surface area contributed by atoms with Crippen LogP contribution >= 0.6 is 0 Å². The van der Waals surface area contributed by atoms with Crippen molar-refractivity contribution in [3.63, 3.8) is 0 Å². The minimum Gasteiger partial charge on any atom is -0.346 e. The summed E-state index contributed by atoms with van der Waals surface area (Å²) in [6, 6.07) is 15.1. The van der Waals surface area contributed by atoms with Gasteiger partial charge in [0.05, 0.1) is 11.7 Å². The quantitative estimate of drug-likeness (QED) is 0.570. The Bertz CT molecular complexity index is 1120. The summed E-state index contributed by atoms with van der Waals surface area (Å²) < 4.78 is 1.32. The second-order valence-electron chi connectivity index (χ2n) is 7.27. The Kier molecular flexibility index (Phi) is 6.81. The maximum atomic E-state index is 12.8. The molecule has 0 saturated heterocycles. The van der Waals surface area contributed by atoms with Crippen molar-refractivity contribution >= 4 is 23.3 Å². The normalized spacial score (nSPS) is 11.5. The van der Waals surface area contributed by atoms with Crippen LogP contribution in [0.2, 0.25) is 0 Å². The van der Waals surface area contributed by atoms with E-state index in [9.17, 15) is 14.4 Å². The van der Waals surface area contributed by atoms with Crippen LogP contribution in [0, 0.1) is 13.8 Å². The van der Waals surface area contributed by atoms with Crippen molar-refractivity contribution in [2.45, 2.75) is 33.4 Å². The Hall–Kier alpha value is -3.94. The molecular formula is C23H25N5O3. The average molecular weight is 419 g/mol. The van der Waals surface area contributed by atoms with Crippen molar-refractivity contribution in [2.75, 3.05) is 10.6 Å². The van der Waals surface area contributed by atoms with E-state index < -0.39 is 11.6 Å². The monoisotopic (exact) mass is 419 g/mol. The molecule has 160 valence electrons. The molecule has 0 spiro atoms. The van der Waals surface area contributed by atoms with E-state index in [0.29, 0.717) is 11.4 Å². The van der Waals surface area contributed by atoms with Crippen LogP contribution in [0.1, 0.15) is 29.9 Å². The summed E-state index contributed by atoms with van der Waals surface area (Å²) in [6.45, 7) is 5.33. The lowest BCUT2D eigenvalue weighted by molar-refractivity contribution is -0.122. The smallest absolute Gasteiger partial charge is 0.323 e. The average Bonchev–Trinajstić information content (AvgIpc) is 2.75. The van der Waals surface area contributed by atoms with Gasteiger partial charge in [0, 0.05) is 17.6 Å². The Morgan fingerprint density at radius 2 is 1.74 bits per heavy atom. The fourth-order valence-electron chi connectivity index (χ4n) is 3.02. The van der Waals surface area contributed by atoms with Gasteiger partial charge in [0.15, 0.2) is 0 Å². The number of carbonyl (C=O) groups is 2. The molecule has 2 heterocycles. The maximum Gasteiger partial charge on any atom is 0.323 e. The number of aromatic nitrogens is 2. The molecule has 8 nitrogen and oxygen atoms in total. The minimum absolute atomic E-state index is 0.0841. The summed E-state index contributed by atoms with van der Waals surface area (Å²) in [7, 11) is 0. The standard InChI is InChI=1S/C23H25N5O3/c1-15-7-10-18(11-8-15)26-23(31)27-20-12-9-16(2)28(22(20)30)14-21(29)25-17(3)19-6-4-5-13-24-19/h4-13,17H,14H2,1-3H3,(H,25,29)(H2,26,27,31)/t17-/m1/s1. The molecule has 1 aromatic carbocycles. The number of rotatable bonds is 6. The zero-order valence-electron chi connectivity index (χ0n) is 17.7. The fraction of sp³-hybridized carbons (Fsp3) is 0.217. The van der Waals surface area contributed by atoms with Crippen molar-refractivity contribution in [3.8, 4) is 0 Å². The molecule has 3 N–H and O–H groups in total. The van der Waals surface area contributed by atoms with E-state index in [2.05, 4.69) is 20.9 Å². The van der Waals surface area contributed by atoms with E-state index in [-0.39, 0.29) is 24.2 Å². The van der Waals surface area contributed by atoms with Crippen LogP contribution in [0.3, 0.4) is 0 Å². The summed E-state index contributed by atoms with van der Waals surface area (Å²) >= 11 is 0. The third-order valence-corrected chi connectivity index (χ3v) is 4.76. The van der Waals surface area contributed by atoms with Gasteiger partial charge in [-0.05, 0) is 57.2 Å². The van der Waals surface area contributed by atoms with E-state index in [1.54, 1.807) is 37.4 Å². The van der Waals surface area contributed by atoms with E-state index >= 15 is 0 Å². The van der Waals surface area contributed by atoms with Gasteiger partial charge in [-0.2, -0.15) is 0 Å². The predicted octanol–water partition coefficient (Wildman–Crippen LogP) is 3.38. The molecule has 0 radical (unpaired) electrons. The number of hydrogen-bond donors (Lipinski definition) is 3. The van der Waals surface area contributed by atoms with Gasteiger partial charge in [-0.3, -0.25) is 14.6 Å². The van der Waals surface area contributed by atoms with Crippen LogP contribution in [-0.4, -0.2) is 21.5 Å². The van der Waals surface area contributed by atoms with Crippen LogP contribution in [0.4, 0.5) is 16.2 Å². The molecule has 1 atom stereocenters. The zero-order valence-corrected chi connectivity index (χ0v) is 17.7. The van der Waals surface area contributed by atoms with E-state index in [0.717, 1.165) is 11.3 Å². The van der Waals surface area contributed by atoms with Crippen LogP contribution in [-0.2, 0) is 11.3 Å². The van der Waals surface area contributed by atoms with Gasteiger partial charge < -0.3 is 20.5 Å². The highest BCUT2D eigenvalue weighted by Gasteiger charge is 2.15. The van der Waals surface area contributed by atoms with Crippen molar-refractivity contribution in [2.24, 2.45) is 0 Å². The number of nitrogens with one attached hydrogen (secondary N) is 3. The van der Waals surface area contributed by atoms with Gasteiger partial charge in [-0.25, -0.2) is 4.79 Å². The van der Waals surface area contributed by atoms with Crippen molar-refractivity contribution in [3.05, 3.63) is 88.1 Å². The highest BCUT2D eigenvalue weighted by molar-refractivity contribution is 5.99. The van der Waals surface area contributed by atoms with Gasteiger partial charge >= 0.3 is 6.03 Å². The zero-order chi connectivity index (χ0) is 22.4. The third-order valence-electron chi connectivity index (χ3n) is 4.76.